The van der Waals surface area contributed by atoms with Crippen LogP contribution in [0.4, 0.5) is 0 Å². The minimum atomic E-state index is -0.598. The molecule has 224 valence electrons. The smallest absolute Gasteiger partial charge is 0.164 e. The Morgan fingerprint density at radius 2 is 0.688 bits per heavy atom. The highest BCUT2D eigenvalue weighted by atomic mass is 15.0. The molecule has 0 aliphatic heterocycles. The molecule has 0 bridgehead atoms. The molecule has 0 amide bonds. The molecule has 0 aliphatic rings. The molecule has 9 rings (SSSR count). The summed E-state index contributed by atoms with van der Waals surface area (Å²) in [5, 5.41) is 7.17. The van der Waals surface area contributed by atoms with Gasteiger partial charge in [-0.1, -0.05) is 164 Å². The van der Waals surface area contributed by atoms with Crippen LogP contribution in [0, 0.1) is 0 Å². The summed E-state index contributed by atoms with van der Waals surface area (Å²) in [5.41, 5.74) is 3.76. The predicted molar refractivity (Wildman–Crippen MR) is 200 cm³/mol. The van der Waals surface area contributed by atoms with Gasteiger partial charge in [-0.3, -0.25) is 0 Å². The summed E-state index contributed by atoms with van der Waals surface area (Å²) in [6.07, 6.45) is 0. The van der Waals surface area contributed by atoms with E-state index in [0.29, 0.717) is 5.56 Å². The van der Waals surface area contributed by atoms with E-state index < -0.39 is 60.4 Å². The average Bonchev–Trinajstić information content (AvgIpc) is 3.26. The second-order valence-electron chi connectivity index (χ2n) is 11.3. The number of nitrogens with zero attached hydrogens (tertiary/aromatic N) is 3. The van der Waals surface area contributed by atoms with Crippen molar-refractivity contribution in [1.29, 1.82) is 0 Å². The highest BCUT2D eigenvalue weighted by Crippen LogP contribution is 2.38. The number of benzene rings is 8. The molecule has 0 aliphatic carbocycles. The molecule has 1 heterocycles. The van der Waals surface area contributed by atoms with Gasteiger partial charge in [0.1, 0.15) is 0 Å². The number of rotatable bonds is 5. The van der Waals surface area contributed by atoms with Gasteiger partial charge in [-0.2, -0.15) is 0 Å². The van der Waals surface area contributed by atoms with Crippen LogP contribution < -0.4 is 0 Å². The van der Waals surface area contributed by atoms with Crippen LogP contribution in [0.2, 0.25) is 0 Å². The van der Waals surface area contributed by atoms with Gasteiger partial charge in [0.25, 0.3) is 0 Å². The maximum absolute atomic E-state index is 8.58. The lowest BCUT2D eigenvalue weighted by Crippen LogP contribution is -2.00. The fourth-order valence-corrected chi connectivity index (χ4v) is 6.23. The maximum atomic E-state index is 8.58. The number of hydrogen-bond acceptors (Lipinski definition) is 3. The normalized spacial score (nSPS) is 14.2. The van der Waals surface area contributed by atoms with Crippen molar-refractivity contribution in [2.45, 2.75) is 0 Å². The standard InChI is InChI=1S/C45H29N3/c1-3-12-31(13-4-1)43-46-44(32-14-5-2-6-15-32)48-45(47-43)33-24-22-30(23-25-33)34-16-11-17-35(28-34)36-26-27-41-39-20-8-7-18-37(39)38-19-9-10-21-40(38)42(41)29-36/h1-29H/i1D,2D,3D,4D,5D,6D,12D,13D,14D,15D. The van der Waals surface area contributed by atoms with Crippen LogP contribution in [-0.4, -0.2) is 15.0 Å². The summed E-state index contributed by atoms with van der Waals surface area (Å²) in [6, 6.07) is 33.2. The van der Waals surface area contributed by atoms with E-state index in [1.165, 1.54) is 32.3 Å². The van der Waals surface area contributed by atoms with Crippen molar-refractivity contribution in [3.63, 3.8) is 0 Å². The quantitative estimate of drug-likeness (QED) is 0.179. The van der Waals surface area contributed by atoms with E-state index in [2.05, 4.69) is 93.8 Å². The van der Waals surface area contributed by atoms with Crippen molar-refractivity contribution in [3.05, 3.63) is 176 Å². The first-order valence-corrected chi connectivity index (χ1v) is 15.4. The molecule has 9 aromatic rings. The molecule has 8 aromatic carbocycles. The molecule has 48 heavy (non-hydrogen) atoms. The van der Waals surface area contributed by atoms with Gasteiger partial charge in [0.05, 0.1) is 13.7 Å². The fraction of sp³-hybridized carbons (Fsp3) is 0. The molecule has 3 heteroatoms. The molecule has 0 saturated heterocycles. The van der Waals surface area contributed by atoms with Crippen LogP contribution >= 0.6 is 0 Å². The molecule has 0 radical (unpaired) electrons. The van der Waals surface area contributed by atoms with Gasteiger partial charge in [-0.15, -0.1) is 0 Å². The fourth-order valence-electron chi connectivity index (χ4n) is 6.23. The van der Waals surface area contributed by atoms with E-state index in [1.54, 1.807) is 12.1 Å². The molecule has 0 fully saturated rings. The second kappa shape index (κ2) is 11.7. The van der Waals surface area contributed by atoms with Crippen molar-refractivity contribution in [2.75, 3.05) is 0 Å². The first-order chi connectivity index (χ1) is 27.9. The molecule has 0 saturated carbocycles. The van der Waals surface area contributed by atoms with E-state index in [4.69, 9.17) is 13.7 Å². The summed E-state index contributed by atoms with van der Waals surface area (Å²) in [4.78, 5) is 13.4. The topological polar surface area (TPSA) is 38.7 Å². The van der Waals surface area contributed by atoms with Crippen LogP contribution in [0.25, 0.3) is 88.7 Å². The average molecular weight is 622 g/mol. The Morgan fingerprint density at radius 1 is 0.292 bits per heavy atom. The van der Waals surface area contributed by atoms with Crippen molar-refractivity contribution in [1.82, 2.24) is 15.0 Å². The summed E-state index contributed by atoms with van der Waals surface area (Å²) in [6.45, 7) is 0. The maximum Gasteiger partial charge on any atom is 0.164 e. The lowest BCUT2D eigenvalue weighted by molar-refractivity contribution is 1.07. The lowest BCUT2D eigenvalue weighted by atomic mass is 9.91. The SMILES string of the molecule is [2H]c1c([2H])c([2H])c(-c2nc(-c3ccc(-c4cccc(-c5ccc6c7ccccc7c7ccccc7c6c5)c4)cc3)nc(-c3c([2H])c([2H])c([2H])c([2H])c3[2H])n2)c([2H])c1[2H]. The van der Waals surface area contributed by atoms with Crippen LogP contribution in [0.1, 0.15) is 13.7 Å². The molecule has 3 nitrogen and oxygen atoms in total. The van der Waals surface area contributed by atoms with Crippen LogP contribution in [-0.2, 0) is 0 Å². The van der Waals surface area contributed by atoms with Gasteiger partial charge in [-0.25, -0.2) is 15.0 Å². The lowest BCUT2D eigenvalue weighted by Gasteiger charge is -2.13. The third-order valence-corrected chi connectivity index (χ3v) is 8.50. The second-order valence-corrected chi connectivity index (χ2v) is 11.3. The Labute approximate surface area is 292 Å². The van der Waals surface area contributed by atoms with Crippen molar-refractivity contribution in [3.8, 4) is 56.4 Å². The number of aromatic nitrogens is 3. The van der Waals surface area contributed by atoms with E-state index >= 15 is 0 Å². The molecular weight excluding hydrogens is 583 g/mol. The highest BCUT2D eigenvalue weighted by molar-refractivity contribution is 6.25. The minimum Gasteiger partial charge on any atom is -0.208 e. The minimum absolute atomic E-state index is 0.00911. The Morgan fingerprint density at radius 3 is 1.23 bits per heavy atom. The van der Waals surface area contributed by atoms with Gasteiger partial charge < -0.3 is 0 Å². The Bertz CT molecular complexity index is 3010. The molecule has 0 spiro atoms. The summed E-state index contributed by atoms with van der Waals surface area (Å²) in [7, 11) is 0. The summed E-state index contributed by atoms with van der Waals surface area (Å²) in [5.74, 6) is -0.608. The van der Waals surface area contributed by atoms with Gasteiger partial charge in [0.15, 0.2) is 17.5 Å². The van der Waals surface area contributed by atoms with Gasteiger partial charge in [-0.05, 0) is 66.7 Å². The van der Waals surface area contributed by atoms with Crippen molar-refractivity contribution in [2.24, 2.45) is 0 Å². The third kappa shape index (κ3) is 4.99. The largest absolute Gasteiger partial charge is 0.208 e. The number of fused-ring (bicyclic) bond motifs is 6. The molecule has 0 atom stereocenters. The zero-order valence-electron chi connectivity index (χ0n) is 35.3. The van der Waals surface area contributed by atoms with Crippen LogP contribution in [0.5, 0.6) is 0 Å². The molecule has 0 N–H and O–H groups in total. The van der Waals surface area contributed by atoms with Crippen LogP contribution in [0.15, 0.2) is 176 Å². The molecule has 0 unspecified atom stereocenters. The van der Waals surface area contributed by atoms with Crippen molar-refractivity contribution >= 4 is 32.3 Å². The first kappa shape index (κ1) is 19.3. The summed E-state index contributed by atoms with van der Waals surface area (Å²) >= 11 is 0. The highest BCUT2D eigenvalue weighted by Gasteiger charge is 2.13. The van der Waals surface area contributed by atoms with Gasteiger partial charge in [0.2, 0.25) is 0 Å². The van der Waals surface area contributed by atoms with E-state index in [0.717, 1.165) is 22.3 Å². The van der Waals surface area contributed by atoms with E-state index in [9.17, 15) is 0 Å². The Balaban J connectivity index is 1.15. The third-order valence-electron chi connectivity index (χ3n) is 8.50. The number of hydrogen-bond donors (Lipinski definition) is 0. The van der Waals surface area contributed by atoms with E-state index in [1.807, 2.05) is 24.3 Å². The monoisotopic (exact) mass is 621 g/mol. The van der Waals surface area contributed by atoms with Crippen molar-refractivity contribution < 1.29 is 13.7 Å². The Hall–Kier alpha value is -6.45. The molecule has 1 aromatic heterocycles. The van der Waals surface area contributed by atoms with Crippen LogP contribution in [0.3, 0.4) is 0 Å². The zero-order chi connectivity index (χ0) is 40.6. The first-order valence-electron chi connectivity index (χ1n) is 20.4. The zero-order valence-corrected chi connectivity index (χ0v) is 25.3. The Kier molecular flexibility index (Phi) is 4.71. The summed E-state index contributed by atoms with van der Waals surface area (Å²) < 4.78 is 83.4. The van der Waals surface area contributed by atoms with E-state index in [-0.39, 0.29) is 28.6 Å². The molecular formula is C45H29N3. The van der Waals surface area contributed by atoms with Gasteiger partial charge in [0, 0.05) is 16.7 Å². The predicted octanol–water partition coefficient (Wildman–Crippen LogP) is 11.7. The van der Waals surface area contributed by atoms with Gasteiger partial charge >= 0.3 is 0 Å².